The minimum absolute atomic E-state index is 0.120. The average Bonchev–Trinajstić information content (AvgIpc) is 2.36. The fourth-order valence-corrected chi connectivity index (χ4v) is 1.79. The van der Waals surface area contributed by atoms with Gasteiger partial charge in [0.25, 0.3) is 0 Å². The van der Waals surface area contributed by atoms with Crippen LogP contribution < -0.4 is 5.32 Å². The number of benzene rings is 1. The standard InChI is InChI=1S/C15H24FNO/c1-3-4-10-18-11-9-17-13(2)12-14-7-5-6-8-15(14)16/h5-8,13,17H,3-4,9-12H2,1-2H3. The van der Waals surface area contributed by atoms with Crippen LogP contribution in [0.15, 0.2) is 24.3 Å². The molecule has 18 heavy (non-hydrogen) atoms. The van der Waals surface area contributed by atoms with Crippen LogP contribution in [0.4, 0.5) is 4.39 Å². The van der Waals surface area contributed by atoms with Crippen molar-refractivity contribution in [2.24, 2.45) is 0 Å². The first-order chi connectivity index (χ1) is 8.74. The van der Waals surface area contributed by atoms with E-state index >= 15 is 0 Å². The lowest BCUT2D eigenvalue weighted by Crippen LogP contribution is -2.31. The van der Waals surface area contributed by atoms with Gasteiger partial charge in [-0.05, 0) is 31.4 Å². The van der Waals surface area contributed by atoms with Crippen LogP contribution in [0, 0.1) is 5.82 Å². The Balaban J connectivity index is 2.14. The van der Waals surface area contributed by atoms with Crippen molar-refractivity contribution >= 4 is 0 Å². The maximum absolute atomic E-state index is 13.4. The summed E-state index contributed by atoms with van der Waals surface area (Å²) in [5.41, 5.74) is 0.768. The third-order valence-electron chi connectivity index (χ3n) is 2.87. The fraction of sp³-hybridized carbons (Fsp3) is 0.600. The Labute approximate surface area is 110 Å². The first-order valence-electron chi connectivity index (χ1n) is 6.78. The van der Waals surface area contributed by atoms with Crippen molar-refractivity contribution in [2.45, 2.75) is 39.2 Å². The predicted octanol–water partition coefficient (Wildman–Crippen LogP) is 3.16. The lowest BCUT2D eigenvalue weighted by Gasteiger charge is -2.14. The molecule has 0 aliphatic carbocycles. The van der Waals surface area contributed by atoms with Crippen LogP contribution in [0.2, 0.25) is 0 Å². The van der Waals surface area contributed by atoms with Crippen LogP contribution in [0.5, 0.6) is 0 Å². The minimum atomic E-state index is -0.120. The molecular weight excluding hydrogens is 229 g/mol. The van der Waals surface area contributed by atoms with E-state index in [-0.39, 0.29) is 11.9 Å². The van der Waals surface area contributed by atoms with Crippen LogP contribution in [0.1, 0.15) is 32.3 Å². The number of hydrogen-bond donors (Lipinski definition) is 1. The molecule has 1 rings (SSSR count). The summed E-state index contributed by atoms with van der Waals surface area (Å²) in [5, 5.41) is 3.34. The monoisotopic (exact) mass is 253 g/mol. The molecule has 0 amide bonds. The highest BCUT2D eigenvalue weighted by Gasteiger charge is 2.06. The molecule has 0 saturated heterocycles. The maximum Gasteiger partial charge on any atom is 0.126 e. The van der Waals surface area contributed by atoms with Gasteiger partial charge in [-0.1, -0.05) is 31.5 Å². The molecule has 0 aliphatic heterocycles. The Hall–Kier alpha value is -0.930. The summed E-state index contributed by atoms with van der Waals surface area (Å²) in [6, 6.07) is 7.20. The zero-order valence-electron chi connectivity index (χ0n) is 11.4. The first kappa shape index (κ1) is 15.1. The summed E-state index contributed by atoms with van der Waals surface area (Å²) in [5.74, 6) is -0.120. The second-order valence-electron chi connectivity index (χ2n) is 4.62. The Morgan fingerprint density at radius 2 is 2.06 bits per heavy atom. The average molecular weight is 253 g/mol. The van der Waals surface area contributed by atoms with Gasteiger partial charge >= 0.3 is 0 Å². The Bertz CT molecular complexity index is 330. The maximum atomic E-state index is 13.4. The van der Waals surface area contributed by atoms with Gasteiger partial charge in [-0.3, -0.25) is 0 Å². The van der Waals surface area contributed by atoms with Crippen LogP contribution in [0.25, 0.3) is 0 Å². The molecule has 102 valence electrons. The SMILES string of the molecule is CCCCOCCNC(C)Cc1ccccc1F. The van der Waals surface area contributed by atoms with E-state index in [1.807, 2.05) is 12.1 Å². The zero-order chi connectivity index (χ0) is 13.2. The number of rotatable bonds is 9. The van der Waals surface area contributed by atoms with Crippen LogP contribution >= 0.6 is 0 Å². The molecule has 0 aliphatic rings. The third-order valence-corrected chi connectivity index (χ3v) is 2.87. The highest BCUT2D eigenvalue weighted by Crippen LogP contribution is 2.08. The number of halogens is 1. The largest absolute Gasteiger partial charge is 0.380 e. The molecule has 0 fully saturated rings. The van der Waals surface area contributed by atoms with Crippen molar-refractivity contribution in [3.8, 4) is 0 Å². The quantitative estimate of drug-likeness (QED) is 0.683. The molecule has 1 aromatic rings. The summed E-state index contributed by atoms with van der Waals surface area (Å²) < 4.78 is 18.9. The molecule has 0 spiro atoms. The normalized spacial score (nSPS) is 12.6. The van der Waals surface area contributed by atoms with Crippen LogP contribution in [-0.2, 0) is 11.2 Å². The number of ether oxygens (including phenoxy) is 1. The zero-order valence-corrected chi connectivity index (χ0v) is 11.4. The van der Waals surface area contributed by atoms with Crippen molar-refractivity contribution in [2.75, 3.05) is 19.8 Å². The molecule has 3 heteroatoms. The predicted molar refractivity (Wildman–Crippen MR) is 73.3 cm³/mol. The summed E-state index contributed by atoms with van der Waals surface area (Å²) in [4.78, 5) is 0. The molecule has 0 bridgehead atoms. The summed E-state index contributed by atoms with van der Waals surface area (Å²) in [6.45, 7) is 6.59. The summed E-state index contributed by atoms with van der Waals surface area (Å²) >= 11 is 0. The smallest absolute Gasteiger partial charge is 0.126 e. The molecule has 0 aromatic heterocycles. The van der Waals surface area contributed by atoms with E-state index in [4.69, 9.17) is 4.74 Å². The van der Waals surface area contributed by atoms with E-state index in [9.17, 15) is 4.39 Å². The lowest BCUT2D eigenvalue weighted by molar-refractivity contribution is 0.131. The number of nitrogens with one attached hydrogen (secondary N) is 1. The van der Waals surface area contributed by atoms with Gasteiger partial charge in [-0.25, -0.2) is 4.39 Å². The van der Waals surface area contributed by atoms with E-state index in [2.05, 4.69) is 19.2 Å². The van der Waals surface area contributed by atoms with E-state index in [0.717, 1.165) is 38.2 Å². The van der Waals surface area contributed by atoms with Crippen molar-refractivity contribution in [3.05, 3.63) is 35.6 Å². The van der Waals surface area contributed by atoms with Gasteiger partial charge < -0.3 is 10.1 Å². The molecular formula is C15H24FNO. The Morgan fingerprint density at radius 1 is 1.28 bits per heavy atom. The topological polar surface area (TPSA) is 21.3 Å². The fourth-order valence-electron chi connectivity index (χ4n) is 1.79. The van der Waals surface area contributed by atoms with Crippen molar-refractivity contribution in [3.63, 3.8) is 0 Å². The Morgan fingerprint density at radius 3 is 2.78 bits per heavy atom. The third kappa shape index (κ3) is 6.12. The molecule has 2 nitrogen and oxygen atoms in total. The molecule has 0 radical (unpaired) electrons. The molecule has 1 aromatic carbocycles. The van der Waals surface area contributed by atoms with Crippen molar-refractivity contribution < 1.29 is 9.13 Å². The number of hydrogen-bond acceptors (Lipinski definition) is 2. The number of unbranched alkanes of at least 4 members (excludes halogenated alkanes) is 1. The summed E-state index contributed by atoms with van der Waals surface area (Å²) in [7, 11) is 0. The van der Waals surface area contributed by atoms with Gasteiger partial charge in [0.05, 0.1) is 6.61 Å². The van der Waals surface area contributed by atoms with Crippen molar-refractivity contribution in [1.29, 1.82) is 0 Å². The molecule has 0 saturated carbocycles. The molecule has 1 atom stereocenters. The van der Waals surface area contributed by atoms with Gasteiger partial charge in [-0.2, -0.15) is 0 Å². The highest BCUT2D eigenvalue weighted by atomic mass is 19.1. The van der Waals surface area contributed by atoms with Crippen LogP contribution in [-0.4, -0.2) is 25.8 Å². The van der Waals surface area contributed by atoms with E-state index in [1.165, 1.54) is 6.07 Å². The van der Waals surface area contributed by atoms with Gasteiger partial charge in [-0.15, -0.1) is 0 Å². The molecule has 1 N–H and O–H groups in total. The highest BCUT2D eigenvalue weighted by molar-refractivity contribution is 5.18. The lowest BCUT2D eigenvalue weighted by atomic mass is 10.1. The van der Waals surface area contributed by atoms with Gasteiger partial charge in [0.1, 0.15) is 5.82 Å². The minimum Gasteiger partial charge on any atom is -0.380 e. The molecule has 1 unspecified atom stereocenters. The van der Waals surface area contributed by atoms with E-state index in [1.54, 1.807) is 6.07 Å². The van der Waals surface area contributed by atoms with E-state index < -0.39 is 0 Å². The second kappa shape index (κ2) is 9.06. The second-order valence-corrected chi connectivity index (χ2v) is 4.62. The first-order valence-corrected chi connectivity index (χ1v) is 6.78. The van der Waals surface area contributed by atoms with Crippen LogP contribution in [0.3, 0.4) is 0 Å². The van der Waals surface area contributed by atoms with Crippen molar-refractivity contribution in [1.82, 2.24) is 5.32 Å². The summed E-state index contributed by atoms with van der Waals surface area (Å²) in [6.07, 6.45) is 2.99. The van der Waals surface area contributed by atoms with Gasteiger partial charge in [0.15, 0.2) is 0 Å². The molecule has 0 heterocycles. The van der Waals surface area contributed by atoms with E-state index in [0.29, 0.717) is 6.42 Å². The van der Waals surface area contributed by atoms with Gasteiger partial charge in [0.2, 0.25) is 0 Å². The Kier molecular flexibility index (Phi) is 7.62. The van der Waals surface area contributed by atoms with Gasteiger partial charge in [0, 0.05) is 19.2 Å².